The number of likely N-dealkylation sites (tertiary alicyclic amines) is 1. The van der Waals surface area contributed by atoms with E-state index >= 15 is 0 Å². The third-order valence-corrected chi connectivity index (χ3v) is 3.19. The topological polar surface area (TPSA) is 89.9 Å². The van der Waals surface area contributed by atoms with Gasteiger partial charge in [-0.15, -0.1) is 0 Å². The number of urea groups is 1. The van der Waals surface area contributed by atoms with Crippen molar-refractivity contribution in [2.45, 2.75) is 31.5 Å². The second kappa shape index (κ2) is 6.78. The molecule has 0 aromatic heterocycles. The molecule has 9 heteroatoms. The maximum Gasteiger partial charge on any atom is 0.393 e. The number of hydrogen-bond acceptors (Lipinski definition) is 3. The van der Waals surface area contributed by atoms with Crippen molar-refractivity contribution in [3.05, 3.63) is 0 Å². The highest BCUT2D eigenvalue weighted by Crippen LogP contribution is 2.33. The van der Waals surface area contributed by atoms with E-state index in [1.807, 2.05) is 0 Å². The molecule has 1 aliphatic rings. The summed E-state index contributed by atoms with van der Waals surface area (Å²) in [7, 11) is 0. The van der Waals surface area contributed by atoms with Crippen LogP contribution in [0.1, 0.15) is 19.3 Å². The summed E-state index contributed by atoms with van der Waals surface area (Å²) in [6, 6.07) is -2.15. The van der Waals surface area contributed by atoms with Crippen molar-refractivity contribution in [3.8, 4) is 0 Å². The molecule has 0 aromatic carbocycles. The smallest absolute Gasteiger partial charge is 0.393 e. The lowest BCUT2D eigenvalue weighted by atomic mass is 9.98. The molecule has 2 amide bonds. The Hall–Kier alpha value is -1.51. The van der Waals surface area contributed by atoms with Crippen molar-refractivity contribution < 1.29 is 33.0 Å². The van der Waals surface area contributed by atoms with Crippen LogP contribution in [0.5, 0.6) is 0 Å². The average molecular weight is 298 g/mol. The number of aliphatic carboxylic acids is 1. The largest absolute Gasteiger partial charge is 0.480 e. The molecule has 0 saturated carbocycles. The van der Waals surface area contributed by atoms with E-state index in [4.69, 9.17) is 10.2 Å². The zero-order valence-corrected chi connectivity index (χ0v) is 10.7. The van der Waals surface area contributed by atoms with Gasteiger partial charge >= 0.3 is 18.2 Å². The first kappa shape index (κ1) is 16.5. The van der Waals surface area contributed by atoms with Gasteiger partial charge in [-0.05, 0) is 12.8 Å². The normalized spacial score (nSPS) is 21.4. The van der Waals surface area contributed by atoms with Gasteiger partial charge in [0.15, 0.2) is 0 Å². The molecule has 1 aliphatic heterocycles. The molecule has 1 saturated heterocycles. The Bertz CT molecular complexity index is 362. The van der Waals surface area contributed by atoms with Gasteiger partial charge in [0, 0.05) is 26.1 Å². The lowest BCUT2D eigenvalue weighted by Crippen LogP contribution is -2.52. The number of halogens is 3. The maximum atomic E-state index is 12.6. The standard InChI is InChI=1S/C11H17F3N2O4/c12-11(13,14)7-2-1-4-16(6-7)10(20)15-8(3-5-17)9(18)19/h7-8,17H,1-6H2,(H,15,20)(H,18,19)/t7?,8-/m1/s1. The molecule has 0 aromatic rings. The number of carboxylic acid groups (broad SMARTS) is 1. The molecular weight excluding hydrogens is 281 g/mol. The number of rotatable bonds is 4. The number of nitrogens with one attached hydrogen (secondary N) is 1. The minimum Gasteiger partial charge on any atom is -0.480 e. The molecule has 0 aliphatic carbocycles. The van der Waals surface area contributed by atoms with Gasteiger partial charge in [0.2, 0.25) is 0 Å². The molecule has 0 radical (unpaired) electrons. The Labute approximate surface area is 113 Å². The van der Waals surface area contributed by atoms with Crippen LogP contribution in [0.3, 0.4) is 0 Å². The first-order chi connectivity index (χ1) is 9.25. The lowest BCUT2D eigenvalue weighted by Gasteiger charge is -2.34. The number of nitrogens with zero attached hydrogens (tertiary/aromatic N) is 1. The fraction of sp³-hybridized carbons (Fsp3) is 0.818. The van der Waals surface area contributed by atoms with Crippen LogP contribution in [-0.4, -0.2) is 59.0 Å². The lowest BCUT2D eigenvalue weighted by molar-refractivity contribution is -0.184. The minimum atomic E-state index is -4.36. The summed E-state index contributed by atoms with van der Waals surface area (Å²) in [5.74, 6) is -2.92. The number of carbonyl (C=O) groups excluding carboxylic acids is 1. The van der Waals surface area contributed by atoms with E-state index in [1.165, 1.54) is 0 Å². The summed E-state index contributed by atoms with van der Waals surface area (Å²) in [4.78, 5) is 23.5. The molecule has 6 nitrogen and oxygen atoms in total. The SMILES string of the molecule is O=C(O)[C@@H](CCO)NC(=O)N1CCCC(C(F)(F)F)C1. The van der Waals surface area contributed by atoms with Crippen molar-refractivity contribution in [1.82, 2.24) is 10.2 Å². The molecule has 3 N–H and O–H groups in total. The minimum absolute atomic E-state index is 0.0354. The number of hydrogen-bond donors (Lipinski definition) is 3. The van der Waals surface area contributed by atoms with Crippen molar-refractivity contribution >= 4 is 12.0 Å². The maximum absolute atomic E-state index is 12.6. The Morgan fingerprint density at radius 1 is 1.40 bits per heavy atom. The van der Waals surface area contributed by atoms with Crippen LogP contribution < -0.4 is 5.32 Å². The van der Waals surface area contributed by atoms with Crippen LogP contribution in [0.25, 0.3) is 0 Å². The average Bonchev–Trinajstić information content (AvgIpc) is 2.37. The van der Waals surface area contributed by atoms with Crippen LogP contribution >= 0.6 is 0 Å². The summed E-state index contributed by atoms with van der Waals surface area (Å²) < 4.78 is 37.8. The van der Waals surface area contributed by atoms with E-state index in [0.717, 1.165) is 4.90 Å². The van der Waals surface area contributed by atoms with Gasteiger partial charge in [0.1, 0.15) is 6.04 Å². The van der Waals surface area contributed by atoms with E-state index < -0.39 is 43.3 Å². The number of alkyl halides is 3. The van der Waals surface area contributed by atoms with Gasteiger partial charge in [-0.1, -0.05) is 0 Å². The molecule has 116 valence electrons. The monoisotopic (exact) mass is 298 g/mol. The van der Waals surface area contributed by atoms with Crippen LogP contribution in [0.4, 0.5) is 18.0 Å². The van der Waals surface area contributed by atoms with Crippen molar-refractivity contribution in [2.75, 3.05) is 19.7 Å². The predicted octanol–water partition coefficient (Wildman–Crippen LogP) is 0.806. The molecule has 0 bridgehead atoms. The highest BCUT2D eigenvalue weighted by molar-refractivity contribution is 5.82. The Balaban J connectivity index is 2.60. The summed E-state index contributed by atoms with van der Waals surface area (Å²) >= 11 is 0. The van der Waals surface area contributed by atoms with E-state index in [2.05, 4.69) is 5.32 Å². The number of aliphatic hydroxyl groups excluding tert-OH is 1. The molecule has 0 spiro atoms. The van der Waals surface area contributed by atoms with Gasteiger partial charge in [-0.2, -0.15) is 13.2 Å². The van der Waals surface area contributed by atoms with Gasteiger partial charge in [0.25, 0.3) is 0 Å². The number of aliphatic hydroxyl groups is 1. The molecule has 1 rings (SSSR count). The van der Waals surface area contributed by atoms with Crippen LogP contribution in [-0.2, 0) is 4.79 Å². The van der Waals surface area contributed by atoms with E-state index in [-0.39, 0.29) is 25.8 Å². The Kier molecular flexibility index (Phi) is 5.61. The van der Waals surface area contributed by atoms with Gasteiger partial charge in [0.05, 0.1) is 5.92 Å². The van der Waals surface area contributed by atoms with Crippen LogP contribution in [0.2, 0.25) is 0 Å². The first-order valence-electron chi connectivity index (χ1n) is 6.21. The van der Waals surface area contributed by atoms with Crippen molar-refractivity contribution in [3.63, 3.8) is 0 Å². The molecule has 1 heterocycles. The molecule has 2 atom stereocenters. The van der Waals surface area contributed by atoms with Crippen LogP contribution in [0.15, 0.2) is 0 Å². The number of carboxylic acids is 1. The fourth-order valence-corrected chi connectivity index (χ4v) is 2.06. The molecule has 20 heavy (non-hydrogen) atoms. The quantitative estimate of drug-likeness (QED) is 0.716. The van der Waals surface area contributed by atoms with Gasteiger partial charge in [-0.25, -0.2) is 9.59 Å². The zero-order chi connectivity index (χ0) is 15.3. The fourth-order valence-electron chi connectivity index (χ4n) is 2.06. The van der Waals surface area contributed by atoms with Crippen molar-refractivity contribution in [2.24, 2.45) is 5.92 Å². The third kappa shape index (κ3) is 4.55. The highest BCUT2D eigenvalue weighted by atomic mass is 19.4. The summed E-state index contributed by atoms with van der Waals surface area (Å²) in [6.45, 7) is -0.757. The molecular formula is C11H17F3N2O4. The number of piperidine rings is 1. The van der Waals surface area contributed by atoms with Gasteiger partial charge < -0.3 is 20.4 Å². The Morgan fingerprint density at radius 2 is 2.05 bits per heavy atom. The third-order valence-electron chi connectivity index (χ3n) is 3.19. The van der Waals surface area contributed by atoms with E-state index in [1.54, 1.807) is 0 Å². The van der Waals surface area contributed by atoms with Crippen LogP contribution in [0, 0.1) is 5.92 Å². The molecule has 1 unspecified atom stereocenters. The van der Waals surface area contributed by atoms with E-state index in [9.17, 15) is 22.8 Å². The second-order valence-corrected chi connectivity index (χ2v) is 4.68. The summed E-state index contributed by atoms with van der Waals surface area (Å²) in [5.41, 5.74) is 0. The highest BCUT2D eigenvalue weighted by Gasteiger charge is 2.42. The summed E-state index contributed by atoms with van der Waals surface area (Å²) in [5, 5.41) is 19.6. The Morgan fingerprint density at radius 3 is 2.55 bits per heavy atom. The summed E-state index contributed by atoms with van der Waals surface area (Å²) in [6.07, 6.45) is -4.38. The zero-order valence-electron chi connectivity index (χ0n) is 10.7. The predicted molar refractivity (Wildman–Crippen MR) is 62.0 cm³/mol. The van der Waals surface area contributed by atoms with E-state index in [0.29, 0.717) is 0 Å². The second-order valence-electron chi connectivity index (χ2n) is 4.68. The molecule has 1 fully saturated rings. The number of amides is 2. The van der Waals surface area contributed by atoms with Crippen molar-refractivity contribution in [1.29, 1.82) is 0 Å². The number of carbonyl (C=O) groups is 2. The van der Waals surface area contributed by atoms with Gasteiger partial charge in [-0.3, -0.25) is 0 Å². The first-order valence-corrected chi connectivity index (χ1v) is 6.21.